The van der Waals surface area contributed by atoms with Gasteiger partial charge in [0.1, 0.15) is 11.2 Å². The van der Waals surface area contributed by atoms with E-state index in [-0.39, 0.29) is 11.7 Å². The van der Waals surface area contributed by atoms with Gasteiger partial charge < -0.3 is 21.2 Å². The fourth-order valence-corrected chi connectivity index (χ4v) is 2.40. The highest BCUT2D eigenvalue weighted by Gasteiger charge is 2.41. The summed E-state index contributed by atoms with van der Waals surface area (Å²) in [5, 5.41) is 14.9. The molecule has 5 N–H and O–H groups in total. The summed E-state index contributed by atoms with van der Waals surface area (Å²) in [5.41, 5.74) is 4.84. The Morgan fingerprint density at radius 2 is 2.15 bits per heavy atom. The van der Waals surface area contributed by atoms with Gasteiger partial charge in [0, 0.05) is 12.4 Å². The number of H-pyrrole nitrogens is 1. The molecule has 1 rings (SSSR count). The van der Waals surface area contributed by atoms with E-state index in [2.05, 4.69) is 20.4 Å². The SMILES string of the molecule is CCCC(CCC)(C(=O)NCc1ncc[nH]1)C(N)=NO. The number of aromatic amines is 1. The number of amides is 1. The van der Waals surface area contributed by atoms with Gasteiger partial charge in [-0.05, 0) is 12.8 Å². The Balaban J connectivity index is 2.87. The van der Waals surface area contributed by atoms with Crippen molar-refractivity contribution in [2.24, 2.45) is 16.3 Å². The number of carbonyl (C=O) groups excluding carboxylic acids is 1. The van der Waals surface area contributed by atoms with Crippen LogP contribution < -0.4 is 11.1 Å². The summed E-state index contributed by atoms with van der Waals surface area (Å²) in [6, 6.07) is 0. The summed E-state index contributed by atoms with van der Waals surface area (Å²) in [6.45, 7) is 4.23. The van der Waals surface area contributed by atoms with Crippen LogP contribution in [0.3, 0.4) is 0 Å². The number of amidine groups is 1. The van der Waals surface area contributed by atoms with Gasteiger partial charge in [0.15, 0.2) is 5.84 Å². The molecule has 20 heavy (non-hydrogen) atoms. The molecular formula is C13H23N5O2. The number of hydrogen-bond donors (Lipinski definition) is 4. The minimum atomic E-state index is -0.954. The molecule has 7 heteroatoms. The van der Waals surface area contributed by atoms with Gasteiger partial charge in [-0.25, -0.2) is 4.98 Å². The lowest BCUT2D eigenvalue weighted by molar-refractivity contribution is -0.128. The van der Waals surface area contributed by atoms with Crippen LogP contribution in [0, 0.1) is 5.41 Å². The first-order valence-electron chi connectivity index (χ1n) is 6.85. The minimum absolute atomic E-state index is 0.0295. The molecule has 0 aliphatic rings. The molecule has 0 aliphatic carbocycles. The molecule has 0 unspecified atom stereocenters. The van der Waals surface area contributed by atoms with Crippen LogP contribution in [0.5, 0.6) is 0 Å². The number of nitrogens with one attached hydrogen (secondary N) is 2. The summed E-state index contributed by atoms with van der Waals surface area (Å²) in [7, 11) is 0. The summed E-state index contributed by atoms with van der Waals surface area (Å²) in [6.07, 6.45) is 5.93. The Hall–Kier alpha value is -2.05. The first-order valence-corrected chi connectivity index (χ1v) is 6.85. The summed E-state index contributed by atoms with van der Waals surface area (Å²) >= 11 is 0. The first kappa shape index (κ1) is 16.0. The zero-order valence-corrected chi connectivity index (χ0v) is 12.0. The van der Waals surface area contributed by atoms with Gasteiger partial charge in [0.25, 0.3) is 0 Å². The fourth-order valence-electron chi connectivity index (χ4n) is 2.40. The molecule has 1 aromatic rings. The minimum Gasteiger partial charge on any atom is -0.409 e. The third-order valence-corrected chi connectivity index (χ3v) is 3.36. The van der Waals surface area contributed by atoms with E-state index < -0.39 is 5.41 Å². The molecule has 0 bridgehead atoms. The maximum absolute atomic E-state index is 12.5. The number of nitrogens with zero attached hydrogens (tertiary/aromatic N) is 2. The number of aromatic nitrogens is 2. The van der Waals surface area contributed by atoms with Crippen LogP contribution in [0.25, 0.3) is 0 Å². The van der Waals surface area contributed by atoms with Crippen LogP contribution in [0.1, 0.15) is 45.4 Å². The second kappa shape index (κ2) is 7.52. The molecule has 0 aliphatic heterocycles. The molecule has 0 fully saturated rings. The van der Waals surface area contributed by atoms with Crippen LogP contribution >= 0.6 is 0 Å². The molecular weight excluding hydrogens is 258 g/mol. The zero-order chi connectivity index (χ0) is 15.0. The van der Waals surface area contributed by atoms with E-state index in [1.165, 1.54) is 0 Å². The van der Waals surface area contributed by atoms with Crippen molar-refractivity contribution in [1.29, 1.82) is 0 Å². The topological polar surface area (TPSA) is 116 Å². The van der Waals surface area contributed by atoms with Gasteiger partial charge in [0.2, 0.25) is 5.91 Å². The lowest BCUT2D eigenvalue weighted by Gasteiger charge is -2.30. The molecule has 1 heterocycles. The lowest BCUT2D eigenvalue weighted by atomic mass is 9.77. The first-order chi connectivity index (χ1) is 9.60. The summed E-state index contributed by atoms with van der Waals surface area (Å²) in [4.78, 5) is 19.5. The van der Waals surface area contributed by atoms with E-state index in [4.69, 9.17) is 10.9 Å². The fraction of sp³-hybridized carbons (Fsp3) is 0.615. The van der Waals surface area contributed by atoms with E-state index >= 15 is 0 Å². The summed E-state index contributed by atoms with van der Waals surface area (Å²) in [5.74, 6) is 0.408. The highest BCUT2D eigenvalue weighted by Crippen LogP contribution is 2.30. The number of imidazole rings is 1. The Kier molecular flexibility index (Phi) is 6.02. The second-order valence-corrected chi connectivity index (χ2v) is 4.79. The number of rotatable bonds is 8. The molecule has 0 aromatic carbocycles. The molecule has 7 nitrogen and oxygen atoms in total. The van der Waals surface area contributed by atoms with Gasteiger partial charge in [-0.1, -0.05) is 31.8 Å². The molecule has 1 aromatic heterocycles. The van der Waals surface area contributed by atoms with Gasteiger partial charge in [-0.3, -0.25) is 4.79 Å². The van der Waals surface area contributed by atoms with Crippen LogP contribution in [-0.2, 0) is 11.3 Å². The maximum Gasteiger partial charge on any atom is 0.234 e. The van der Waals surface area contributed by atoms with Crippen molar-refractivity contribution >= 4 is 11.7 Å². The largest absolute Gasteiger partial charge is 0.409 e. The average Bonchev–Trinajstić information content (AvgIpc) is 2.96. The number of nitrogens with two attached hydrogens (primary N) is 1. The van der Waals surface area contributed by atoms with Crippen LogP contribution in [0.15, 0.2) is 17.5 Å². The standard InChI is InChI=1S/C13H23N5O2/c1-3-5-13(6-4-2,11(14)18-20)12(19)17-9-10-15-7-8-16-10/h7-8,20H,3-6,9H2,1-2H3,(H2,14,18)(H,15,16)(H,17,19). The molecule has 112 valence electrons. The van der Waals surface area contributed by atoms with Gasteiger partial charge in [-0.2, -0.15) is 0 Å². The normalized spacial score (nSPS) is 12.4. The number of hydrogen-bond acceptors (Lipinski definition) is 4. The molecule has 0 saturated carbocycles. The molecule has 0 spiro atoms. The zero-order valence-electron chi connectivity index (χ0n) is 12.0. The Labute approximate surface area is 118 Å². The van der Waals surface area contributed by atoms with E-state index in [9.17, 15) is 4.79 Å². The van der Waals surface area contributed by atoms with Gasteiger partial charge in [-0.15, -0.1) is 0 Å². The van der Waals surface area contributed by atoms with Gasteiger partial charge in [0.05, 0.1) is 6.54 Å². The molecule has 1 amide bonds. The van der Waals surface area contributed by atoms with Crippen LogP contribution in [0.4, 0.5) is 0 Å². The van der Waals surface area contributed by atoms with Crippen LogP contribution in [0.2, 0.25) is 0 Å². The van der Waals surface area contributed by atoms with E-state index in [1.54, 1.807) is 12.4 Å². The maximum atomic E-state index is 12.5. The monoisotopic (exact) mass is 281 g/mol. The van der Waals surface area contributed by atoms with Crippen LogP contribution in [-0.4, -0.2) is 26.9 Å². The molecule has 0 atom stereocenters. The van der Waals surface area contributed by atoms with E-state index in [1.807, 2.05) is 13.8 Å². The van der Waals surface area contributed by atoms with Gasteiger partial charge >= 0.3 is 0 Å². The van der Waals surface area contributed by atoms with E-state index in [0.29, 0.717) is 25.2 Å². The smallest absolute Gasteiger partial charge is 0.234 e. The number of oxime groups is 1. The Morgan fingerprint density at radius 3 is 2.60 bits per heavy atom. The van der Waals surface area contributed by atoms with Crippen molar-refractivity contribution in [1.82, 2.24) is 15.3 Å². The van der Waals surface area contributed by atoms with Crippen molar-refractivity contribution in [2.45, 2.75) is 46.1 Å². The third kappa shape index (κ3) is 3.49. The van der Waals surface area contributed by atoms with Crippen molar-refractivity contribution in [3.05, 3.63) is 18.2 Å². The van der Waals surface area contributed by atoms with E-state index in [0.717, 1.165) is 12.8 Å². The predicted octanol–water partition coefficient (Wildman–Crippen LogP) is 1.36. The second-order valence-electron chi connectivity index (χ2n) is 4.79. The Morgan fingerprint density at radius 1 is 1.50 bits per heavy atom. The molecule has 0 saturated heterocycles. The van der Waals surface area contributed by atoms with Crippen molar-refractivity contribution < 1.29 is 10.0 Å². The highest BCUT2D eigenvalue weighted by molar-refractivity contribution is 6.06. The quantitative estimate of drug-likeness (QED) is 0.249. The average molecular weight is 281 g/mol. The summed E-state index contributed by atoms with van der Waals surface area (Å²) < 4.78 is 0. The number of carbonyl (C=O) groups is 1. The van der Waals surface area contributed by atoms with Crippen molar-refractivity contribution in [3.8, 4) is 0 Å². The van der Waals surface area contributed by atoms with Crippen molar-refractivity contribution in [3.63, 3.8) is 0 Å². The highest BCUT2D eigenvalue weighted by atomic mass is 16.4. The third-order valence-electron chi connectivity index (χ3n) is 3.36. The lowest BCUT2D eigenvalue weighted by Crippen LogP contribution is -2.49. The predicted molar refractivity (Wildman–Crippen MR) is 76.1 cm³/mol. The Bertz CT molecular complexity index is 436. The molecule has 0 radical (unpaired) electrons. The van der Waals surface area contributed by atoms with Crippen molar-refractivity contribution in [2.75, 3.05) is 0 Å².